The van der Waals surface area contributed by atoms with Gasteiger partial charge in [-0.15, -0.1) is 23.1 Å². The van der Waals surface area contributed by atoms with Gasteiger partial charge in [0.2, 0.25) is 5.91 Å². The van der Waals surface area contributed by atoms with Gasteiger partial charge in [0.1, 0.15) is 11.1 Å². The van der Waals surface area contributed by atoms with Gasteiger partial charge >= 0.3 is 0 Å². The Balaban J connectivity index is 1.21. The van der Waals surface area contributed by atoms with E-state index in [9.17, 15) is 14.9 Å². The molecule has 0 bridgehead atoms. The summed E-state index contributed by atoms with van der Waals surface area (Å²) in [6, 6.07) is 32.8. The molecular formula is C30H21N3O2S2. The topological polar surface area (TPSA) is 82.0 Å². The number of rotatable bonds is 7. The Bertz CT molecular complexity index is 1640. The largest absolute Gasteiger partial charge is 0.322 e. The molecule has 37 heavy (non-hydrogen) atoms. The van der Waals surface area contributed by atoms with E-state index >= 15 is 0 Å². The van der Waals surface area contributed by atoms with Gasteiger partial charge in [-0.25, -0.2) is 0 Å². The SMILES string of the molecule is N#Cc1c(-c2ccccc2)csc1NC(=O)CSc1cccc(NC(=O)c2ccc3ccccc3c2)c1. The van der Waals surface area contributed by atoms with Crippen molar-refractivity contribution in [3.8, 4) is 17.2 Å². The molecule has 2 N–H and O–H groups in total. The van der Waals surface area contributed by atoms with E-state index in [0.717, 1.165) is 26.8 Å². The van der Waals surface area contributed by atoms with Crippen LogP contribution in [-0.2, 0) is 4.79 Å². The lowest BCUT2D eigenvalue weighted by atomic mass is 10.1. The van der Waals surface area contributed by atoms with Gasteiger partial charge in [-0.1, -0.05) is 66.7 Å². The van der Waals surface area contributed by atoms with Crippen molar-refractivity contribution in [2.24, 2.45) is 0 Å². The van der Waals surface area contributed by atoms with Crippen molar-refractivity contribution >= 4 is 56.4 Å². The summed E-state index contributed by atoms with van der Waals surface area (Å²) >= 11 is 2.70. The van der Waals surface area contributed by atoms with Crippen molar-refractivity contribution in [1.29, 1.82) is 5.26 Å². The van der Waals surface area contributed by atoms with Gasteiger partial charge in [-0.05, 0) is 46.7 Å². The molecule has 0 aliphatic carbocycles. The molecular weight excluding hydrogens is 498 g/mol. The maximum Gasteiger partial charge on any atom is 0.255 e. The Labute approximate surface area is 222 Å². The summed E-state index contributed by atoms with van der Waals surface area (Å²) in [5, 5.41) is 20.0. The van der Waals surface area contributed by atoms with Crippen LogP contribution >= 0.6 is 23.1 Å². The second kappa shape index (κ2) is 11.1. The molecule has 4 aromatic carbocycles. The van der Waals surface area contributed by atoms with Crippen molar-refractivity contribution in [3.05, 3.63) is 114 Å². The molecule has 1 heterocycles. The zero-order valence-corrected chi connectivity index (χ0v) is 21.2. The average Bonchev–Trinajstić information content (AvgIpc) is 3.34. The van der Waals surface area contributed by atoms with Gasteiger partial charge in [0.25, 0.3) is 5.91 Å². The third-order valence-electron chi connectivity index (χ3n) is 5.71. The minimum absolute atomic E-state index is 0.172. The summed E-state index contributed by atoms with van der Waals surface area (Å²) in [5.41, 5.74) is 3.45. The number of thiophene rings is 1. The minimum atomic E-state index is -0.200. The molecule has 0 aliphatic rings. The normalized spacial score (nSPS) is 10.6. The number of anilines is 2. The van der Waals surface area contributed by atoms with Crippen LogP contribution in [0.15, 0.2) is 107 Å². The zero-order valence-electron chi connectivity index (χ0n) is 19.6. The van der Waals surface area contributed by atoms with Gasteiger partial charge in [-0.2, -0.15) is 5.26 Å². The summed E-state index contributed by atoms with van der Waals surface area (Å²) < 4.78 is 0. The van der Waals surface area contributed by atoms with E-state index in [1.54, 1.807) is 0 Å². The van der Waals surface area contributed by atoms with E-state index < -0.39 is 0 Å². The van der Waals surface area contributed by atoms with Crippen LogP contribution in [0.25, 0.3) is 21.9 Å². The lowest BCUT2D eigenvalue weighted by Crippen LogP contribution is -2.14. The Morgan fingerprint density at radius 1 is 0.838 bits per heavy atom. The van der Waals surface area contributed by atoms with E-state index in [2.05, 4.69) is 16.7 Å². The second-order valence-corrected chi connectivity index (χ2v) is 10.1. The summed E-state index contributed by atoms with van der Waals surface area (Å²) in [4.78, 5) is 26.3. The Morgan fingerprint density at radius 3 is 2.43 bits per heavy atom. The highest BCUT2D eigenvalue weighted by molar-refractivity contribution is 8.00. The molecule has 5 aromatic rings. The molecule has 0 spiro atoms. The molecule has 0 aliphatic heterocycles. The first-order chi connectivity index (χ1) is 18.1. The summed E-state index contributed by atoms with van der Waals surface area (Å²) in [7, 11) is 0. The van der Waals surface area contributed by atoms with Crippen molar-refractivity contribution in [3.63, 3.8) is 0 Å². The summed E-state index contributed by atoms with van der Waals surface area (Å²) in [6.07, 6.45) is 0. The quantitative estimate of drug-likeness (QED) is 0.219. The molecule has 5 rings (SSSR count). The molecule has 2 amide bonds. The van der Waals surface area contributed by atoms with Crippen LogP contribution < -0.4 is 10.6 Å². The predicted octanol–water partition coefficient (Wildman–Crippen LogP) is 7.42. The lowest BCUT2D eigenvalue weighted by Gasteiger charge is -2.09. The fraction of sp³-hybridized carbons (Fsp3) is 0.0333. The van der Waals surface area contributed by atoms with Crippen LogP contribution in [0.3, 0.4) is 0 Å². The third-order valence-corrected chi connectivity index (χ3v) is 7.60. The summed E-state index contributed by atoms with van der Waals surface area (Å²) in [5.74, 6) is -0.221. The number of carbonyl (C=O) groups is 2. The second-order valence-electron chi connectivity index (χ2n) is 8.21. The first-order valence-corrected chi connectivity index (χ1v) is 13.4. The highest BCUT2D eigenvalue weighted by atomic mass is 32.2. The molecule has 0 unspecified atom stereocenters. The van der Waals surface area contributed by atoms with Gasteiger partial charge in [-0.3, -0.25) is 9.59 Å². The fourth-order valence-electron chi connectivity index (χ4n) is 3.90. The Hall–Kier alpha value is -4.38. The van der Waals surface area contributed by atoms with Crippen LogP contribution in [-0.4, -0.2) is 17.6 Å². The minimum Gasteiger partial charge on any atom is -0.322 e. The standard InChI is InChI=1S/C30H21N3O2S2/c31-17-26-27(21-8-2-1-3-9-21)18-37-30(26)33-28(34)19-36-25-12-6-11-24(16-25)32-29(35)23-14-13-20-7-4-5-10-22(20)15-23/h1-16,18H,19H2,(H,32,35)(H,33,34). The Kier molecular flexibility index (Phi) is 7.31. The molecule has 0 saturated heterocycles. The highest BCUT2D eigenvalue weighted by Crippen LogP contribution is 2.35. The fourth-order valence-corrected chi connectivity index (χ4v) is 5.59. The number of nitriles is 1. The zero-order chi connectivity index (χ0) is 25.6. The number of fused-ring (bicyclic) bond motifs is 1. The monoisotopic (exact) mass is 519 g/mol. The van der Waals surface area contributed by atoms with Gasteiger partial charge < -0.3 is 10.6 Å². The van der Waals surface area contributed by atoms with Crippen LogP contribution in [0.5, 0.6) is 0 Å². The first kappa shape index (κ1) is 24.3. The number of amides is 2. The van der Waals surface area contributed by atoms with E-state index in [1.165, 1.54) is 23.1 Å². The maximum atomic E-state index is 12.8. The van der Waals surface area contributed by atoms with Crippen LogP contribution in [0, 0.1) is 11.3 Å². The van der Waals surface area contributed by atoms with Crippen molar-refractivity contribution < 1.29 is 9.59 Å². The predicted molar refractivity (Wildman–Crippen MR) is 152 cm³/mol. The lowest BCUT2D eigenvalue weighted by molar-refractivity contribution is -0.113. The van der Waals surface area contributed by atoms with Crippen LogP contribution in [0.4, 0.5) is 10.7 Å². The molecule has 0 saturated carbocycles. The number of nitrogens with zero attached hydrogens (tertiary/aromatic N) is 1. The molecule has 5 nitrogen and oxygen atoms in total. The number of carbonyl (C=O) groups excluding carboxylic acids is 2. The molecule has 0 fully saturated rings. The molecule has 7 heteroatoms. The first-order valence-electron chi connectivity index (χ1n) is 11.5. The molecule has 0 atom stereocenters. The van der Waals surface area contributed by atoms with Crippen LogP contribution in [0.1, 0.15) is 15.9 Å². The maximum absolute atomic E-state index is 12.8. The number of benzene rings is 4. The van der Waals surface area contributed by atoms with Gasteiger partial charge in [0.15, 0.2) is 0 Å². The van der Waals surface area contributed by atoms with Crippen molar-refractivity contribution in [1.82, 2.24) is 0 Å². The number of nitrogens with one attached hydrogen (secondary N) is 2. The third kappa shape index (κ3) is 5.72. The number of thioether (sulfide) groups is 1. The van der Waals surface area contributed by atoms with Gasteiger partial charge in [0.05, 0.1) is 11.3 Å². The van der Waals surface area contributed by atoms with Crippen molar-refractivity contribution in [2.45, 2.75) is 4.90 Å². The number of hydrogen-bond donors (Lipinski definition) is 2. The van der Waals surface area contributed by atoms with E-state index in [1.807, 2.05) is 102 Å². The van der Waals surface area contributed by atoms with E-state index in [4.69, 9.17) is 0 Å². The smallest absolute Gasteiger partial charge is 0.255 e. The number of hydrogen-bond acceptors (Lipinski definition) is 5. The van der Waals surface area contributed by atoms with Gasteiger partial charge in [0, 0.05) is 27.1 Å². The van der Waals surface area contributed by atoms with E-state index in [0.29, 0.717) is 21.8 Å². The summed E-state index contributed by atoms with van der Waals surface area (Å²) in [6.45, 7) is 0. The van der Waals surface area contributed by atoms with Crippen LogP contribution in [0.2, 0.25) is 0 Å². The molecule has 0 radical (unpaired) electrons. The molecule has 1 aromatic heterocycles. The average molecular weight is 520 g/mol. The molecule has 180 valence electrons. The van der Waals surface area contributed by atoms with Crippen molar-refractivity contribution in [2.75, 3.05) is 16.4 Å². The van der Waals surface area contributed by atoms with E-state index in [-0.39, 0.29) is 17.6 Å². The highest BCUT2D eigenvalue weighted by Gasteiger charge is 2.15. The Morgan fingerprint density at radius 2 is 1.62 bits per heavy atom.